The second-order valence-electron chi connectivity index (χ2n) is 20.5. The van der Waals surface area contributed by atoms with Crippen molar-refractivity contribution in [1.29, 1.82) is 0 Å². The molecule has 1 atom stereocenters. The average molecular weight is 920 g/mol. The Balaban J connectivity index is 0.848. The van der Waals surface area contributed by atoms with Gasteiger partial charge in [0.2, 0.25) is 5.91 Å². The van der Waals surface area contributed by atoms with E-state index in [1.807, 2.05) is 38.1 Å². The molecule has 3 amide bonds. The lowest BCUT2D eigenvalue weighted by Crippen LogP contribution is -2.57. The lowest BCUT2D eigenvalue weighted by atomic mass is 9.90. The Labute approximate surface area is 396 Å². The SMILES string of the molecule is C=CC(=O)Nc1cc(Nc2nc(-c3ccnc(N4CCn5c(cc6c5CC(C)(C)C6)C4=O)c3CO)cn(C)c2=O)ccc1N1CCN(C2CCN(c3ccc4c(c3)C(=O)NC4(C)C)CC2)CC1C. The summed E-state index contributed by atoms with van der Waals surface area (Å²) in [5.74, 6) is -0.124. The molecule has 10 rings (SSSR count). The highest BCUT2D eigenvalue weighted by Gasteiger charge is 2.39. The summed E-state index contributed by atoms with van der Waals surface area (Å²) in [7, 11) is 1.64. The highest BCUT2D eigenvalue weighted by atomic mass is 16.3. The van der Waals surface area contributed by atoms with Crippen LogP contribution in [0, 0.1) is 5.41 Å². The monoisotopic (exact) mass is 919 g/mol. The largest absolute Gasteiger partial charge is 0.392 e. The van der Waals surface area contributed by atoms with Crippen molar-refractivity contribution >= 4 is 52.1 Å². The number of anilines is 6. The van der Waals surface area contributed by atoms with Gasteiger partial charge in [0.1, 0.15) is 11.5 Å². The van der Waals surface area contributed by atoms with E-state index in [0.29, 0.717) is 58.8 Å². The summed E-state index contributed by atoms with van der Waals surface area (Å²) < 4.78 is 3.58. The third-order valence-corrected chi connectivity index (χ3v) is 14.8. The van der Waals surface area contributed by atoms with Gasteiger partial charge in [0.05, 0.1) is 29.2 Å². The normalized spacial score (nSPS) is 19.9. The molecule has 2 aromatic carbocycles. The minimum atomic E-state index is -0.405. The molecule has 4 aliphatic heterocycles. The number of aliphatic hydroxyl groups excluding tert-OH is 1. The van der Waals surface area contributed by atoms with Crippen LogP contribution in [-0.2, 0) is 43.4 Å². The quantitative estimate of drug-likeness (QED) is 0.122. The zero-order valence-corrected chi connectivity index (χ0v) is 39.9. The Morgan fingerprint density at radius 3 is 2.50 bits per heavy atom. The fourth-order valence-corrected chi connectivity index (χ4v) is 11.4. The standard InChI is InChI=1S/C52H61N11O5/c1-8-45(65)55-40-24-33(9-12-42(40)61-20-19-60(28-31(61)2)34-14-17-59(18-15-34)35-10-11-39-37(25-35)48(66)57-52(39,5)6)54-46-50(68)58(7)29-41(56-46)36-13-16-53-47(38(36)30-64)63-22-21-62-43(49(63)67)23-32-26-51(3,4)27-44(32)62/h8-13,16,23-25,29,31,34,64H,1,14-15,17-22,26-28,30H2,2-7H3,(H,54,56)(H,55,65)(H,57,66). The number of pyridine rings is 1. The van der Waals surface area contributed by atoms with Crippen LogP contribution in [0.25, 0.3) is 11.3 Å². The molecule has 2 fully saturated rings. The van der Waals surface area contributed by atoms with Crippen molar-refractivity contribution in [2.24, 2.45) is 12.5 Å². The molecule has 16 heteroatoms. The number of fused-ring (bicyclic) bond motifs is 4. The van der Waals surface area contributed by atoms with Crippen molar-refractivity contribution in [3.05, 3.63) is 118 Å². The van der Waals surface area contributed by atoms with E-state index < -0.39 is 6.61 Å². The van der Waals surface area contributed by atoms with Crippen LogP contribution < -0.4 is 36.2 Å². The second-order valence-corrected chi connectivity index (χ2v) is 20.5. The number of aromatic nitrogens is 4. The van der Waals surface area contributed by atoms with Crippen LogP contribution in [0.2, 0.25) is 0 Å². The van der Waals surface area contributed by atoms with Crippen molar-refractivity contribution in [2.45, 2.75) is 91.1 Å². The first-order valence-corrected chi connectivity index (χ1v) is 23.8. The predicted molar refractivity (Wildman–Crippen MR) is 265 cm³/mol. The highest BCUT2D eigenvalue weighted by molar-refractivity contribution is 6.06. The number of piperidine rings is 1. The van der Waals surface area contributed by atoms with Crippen molar-refractivity contribution < 1.29 is 19.5 Å². The molecule has 1 aliphatic carbocycles. The van der Waals surface area contributed by atoms with Gasteiger partial charge in [0.25, 0.3) is 17.4 Å². The summed E-state index contributed by atoms with van der Waals surface area (Å²) in [6.45, 7) is 19.4. The number of nitrogens with zero attached hydrogens (tertiary/aromatic N) is 8. The molecular formula is C52H61N11O5. The minimum Gasteiger partial charge on any atom is -0.392 e. The number of carbonyl (C=O) groups is 3. The fourth-order valence-electron chi connectivity index (χ4n) is 11.4. The molecule has 5 aliphatic rings. The number of nitrogens with one attached hydrogen (secondary N) is 3. The Bertz CT molecular complexity index is 2940. The van der Waals surface area contributed by atoms with E-state index in [-0.39, 0.29) is 46.1 Å². The molecule has 1 unspecified atom stereocenters. The van der Waals surface area contributed by atoms with E-state index in [2.05, 4.69) is 79.7 Å². The number of hydrogen-bond acceptors (Lipinski definition) is 11. The summed E-state index contributed by atoms with van der Waals surface area (Å²) in [5.41, 5.74) is 8.77. The summed E-state index contributed by atoms with van der Waals surface area (Å²) in [6.07, 6.45) is 8.34. The Kier molecular flexibility index (Phi) is 11.3. The summed E-state index contributed by atoms with van der Waals surface area (Å²) >= 11 is 0. The average Bonchev–Trinajstić information content (AvgIpc) is 3.90. The van der Waals surface area contributed by atoms with E-state index in [4.69, 9.17) is 4.98 Å². The smallest absolute Gasteiger partial charge is 0.293 e. The van der Waals surface area contributed by atoms with Crippen LogP contribution in [0.4, 0.5) is 34.4 Å². The Morgan fingerprint density at radius 2 is 1.75 bits per heavy atom. The van der Waals surface area contributed by atoms with E-state index in [1.54, 1.807) is 36.5 Å². The Morgan fingerprint density at radius 1 is 0.956 bits per heavy atom. The Hall–Kier alpha value is -6.78. The number of carbonyl (C=O) groups excluding carboxylic acids is 3. The molecule has 5 aromatic rings. The van der Waals surface area contributed by atoms with Gasteiger partial charge in [-0.1, -0.05) is 26.5 Å². The molecule has 0 saturated carbocycles. The van der Waals surface area contributed by atoms with Crippen LogP contribution in [0.1, 0.15) is 90.7 Å². The molecule has 354 valence electrons. The summed E-state index contributed by atoms with van der Waals surface area (Å²) in [5, 5.41) is 20.2. The number of benzene rings is 2. The maximum atomic E-state index is 14.1. The molecule has 0 bridgehead atoms. The molecule has 2 saturated heterocycles. The first kappa shape index (κ1) is 45.0. The number of aliphatic hydroxyl groups is 1. The van der Waals surface area contributed by atoms with Gasteiger partial charge in [-0.05, 0) is 112 Å². The molecule has 0 radical (unpaired) electrons. The third kappa shape index (κ3) is 8.02. The van der Waals surface area contributed by atoms with Gasteiger partial charge in [-0.25, -0.2) is 9.97 Å². The van der Waals surface area contributed by atoms with E-state index >= 15 is 0 Å². The zero-order chi connectivity index (χ0) is 47.8. The minimum absolute atomic E-state index is 0.00881. The maximum absolute atomic E-state index is 14.1. The second kappa shape index (κ2) is 17.1. The van der Waals surface area contributed by atoms with Crippen LogP contribution in [-0.4, -0.2) is 98.2 Å². The number of rotatable bonds is 10. The molecule has 68 heavy (non-hydrogen) atoms. The van der Waals surface area contributed by atoms with E-state index in [9.17, 15) is 24.3 Å². The van der Waals surface area contributed by atoms with Crippen LogP contribution in [0.3, 0.4) is 0 Å². The van der Waals surface area contributed by atoms with Gasteiger partial charge >= 0.3 is 0 Å². The van der Waals surface area contributed by atoms with Crippen LogP contribution >= 0.6 is 0 Å². The van der Waals surface area contributed by atoms with Gasteiger partial charge < -0.3 is 40.0 Å². The first-order valence-electron chi connectivity index (χ1n) is 23.8. The third-order valence-electron chi connectivity index (χ3n) is 14.8. The maximum Gasteiger partial charge on any atom is 0.293 e. The summed E-state index contributed by atoms with van der Waals surface area (Å²) in [6, 6.07) is 16.2. The van der Waals surface area contributed by atoms with Gasteiger partial charge in [-0.3, -0.25) is 29.0 Å². The van der Waals surface area contributed by atoms with E-state index in [1.165, 1.54) is 21.9 Å². The molecule has 16 nitrogen and oxygen atoms in total. The van der Waals surface area contributed by atoms with Gasteiger partial charge in [0.15, 0.2) is 5.82 Å². The van der Waals surface area contributed by atoms with Crippen LogP contribution in [0.5, 0.6) is 0 Å². The zero-order valence-electron chi connectivity index (χ0n) is 39.9. The van der Waals surface area contributed by atoms with Crippen LogP contribution in [0.15, 0.2) is 78.4 Å². The number of hydrogen-bond donors (Lipinski definition) is 4. The molecule has 3 aromatic heterocycles. The van der Waals surface area contributed by atoms with Gasteiger partial charge in [0, 0.05) is 111 Å². The number of piperazine rings is 1. The number of amides is 3. The van der Waals surface area contributed by atoms with Crippen molar-refractivity contribution in [3.63, 3.8) is 0 Å². The molecule has 7 heterocycles. The summed E-state index contributed by atoms with van der Waals surface area (Å²) in [4.78, 5) is 71.7. The lowest BCUT2D eigenvalue weighted by Gasteiger charge is -2.47. The molecule has 4 N–H and O–H groups in total. The van der Waals surface area contributed by atoms with Crippen molar-refractivity contribution in [1.82, 2.24) is 29.3 Å². The predicted octanol–water partition coefficient (Wildman–Crippen LogP) is 5.95. The lowest BCUT2D eigenvalue weighted by molar-refractivity contribution is -0.111. The van der Waals surface area contributed by atoms with Gasteiger partial charge in [-0.2, -0.15) is 0 Å². The topological polar surface area (TPSA) is 173 Å². The number of aryl methyl sites for hydroxylation is 1. The van der Waals surface area contributed by atoms with E-state index in [0.717, 1.165) is 80.9 Å². The van der Waals surface area contributed by atoms with Gasteiger partial charge in [-0.15, -0.1) is 0 Å². The van der Waals surface area contributed by atoms with Crippen molar-refractivity contribution in [2.75, 3.05) is 64.6 Å². The fraction of sp³-hybridized carbons (Fsp3) is 0.423. The molecular weight excluding hydrogens is 859 g/mol. The van der Waals surface area contributed by atoms with Crippen molar-refractivity contribution in [3.8, 4) is 11.3 Å². The first-order chi connectivity index (χ1) is 32.5. The highest BCUT2D eigenvalue weighted by Crippen LogP contribution is 2.41. The molecule has 0 spiro atoms.